The Morgan fingerprint density at radius 2 is 1.57 bits per heavy atom. The van der Waals surface area contributed by atoms with Gasteiger partial charge >= 0.3 is 5.97 Å². The minimum Gasteiger partial charge on any atom is -0.493 e. The molecule has 0 amide bonds. The van der Waals surface area contributed by atoms with E-state index < -0.39 is 11.4 Å². The lowest BCUT2D eigenvalue weighted by Gasteiger charge is -2.32. The Morgan fingerprint density at radius 3 is 2.19 bits per heavy atom. The van der Waals surface area contributed by atoms with Gasteiger partial charge in [-0.25, -0.2) is 4.79 Å². The van der Waals surface area contributed by atoms with Crippen molar-refractivity contribution in [2.45, 2.75) is 112 Å². The molecule has 258 valence electrons. The number of benzene rings is 2. The maximum absolute atomic E-state index is 12.1. The second-order valence-electron chi connectivity index (χ2n) is 14.7. The number of esters is 1. The van der Waals surface area contributed by atoms with Crippen LogP contribution in [0.5, 0.6) is 5.75 Å². The first-order valence-electron chi connectivity index (χ1n) is 17.8. The number of rotatable bonds is 19. The molecule has 2 aromatic carbocycles. The number of ether oxygens (including phenoxy) is 2. The highest BCUT2D eigenvalue weighted by molar-refractivity contribution is 5.86. The van der Waals surface area contributed by atoms with Crippen molar-refractivity contribution in [1.82, 2.24) is 0 Å². The fourth-order valence-corrected chi connectivity index (χ4v) is 6.07. The van der Waals surface area contributed by atoms with Crippen LogP contribution in [-0.2, 0) is 22.4 Å². The molecule has 0 saturated carbocycles. The summed E-state index contributed by atoms with van der Waals surface area (Å²) in [6, 6.07) is 13.1. The van der Waals surface area contributed by atoms with Gasteiger partial charge in [0.05, 0.1) is 26.4 Å². The van der Waals surface area contributed by atoms with Crippen molar-refractivity contribution < 1.29 is 24.5 Å². The van der Waals surface area contributed by atoms with Gasteiger partial charge in [-0.15, -0.1) is 0 Å². The number of aliphatic hydroxyl groups excluding tert-OH is 2. The van der Waals surface area contributed by atoms with Gasteiger partial charge in [-0.2, -0.15) is 0 Å². The lowest BCUT2D eigenvalue weighted by molar-refractivity contribution is -0.138. The molecule has 47 heavy (non-hydrogen) atoms. The van der Waals surface area contributed by atoms with Gasteiger partial charge in [0.15, 0.2) is 0 Å². The van der Waals surface area contributed by atoms with Gasteiger partial charge in [0.2, 0.25) is 0 Å². The standard InChI is InChI=1S/C42H60O5/c1-8-10-11-12-32-13-15-34(16-14-32)35-17-19-38(33(9-2)27-35)36-18-20-39(37(28-36)21-25-47-40(45)31(3)4)46-26-24-42(29-43,30-44)23-22-41(5,6)7/h13,15,17-20,27-28,43-44H,3,8-12,14,16,21-26,29-30H2,1-2,4-7H3. The molecule has 0 radical (unpaired) electrons. The molecule has 1 aliphatic rings. The Kier molecular flexibility index (Phi) is 15.0. The second-order valence-corrected chi connectivity index (χ2v) is 14.7. The fourth-order valence-electron chi connectivity index (χ4n) is 6.07. The number of carbonyl (C=O) groups excluding carboxylic acids is 1. The van der Waals surface area contributed by atoms with E-state index >= 15 is 0 Å². The molecule has 3 rings (SSSR count). The monoisotopic (exact) mass is 644 g/mol. The van der Waals surface area contributed by atoms with E-state index in [-0.39, 0.29) is 25.2 Å². The minimum absolute atomic E-state index is 0.0886. The van der Waals surface area contributed by atoms with Crippen LogP contribution in [0.3, 0.4) is 0 Å². The van der Waals surface area contributed by atoms with Crippen molar-refractivity contribution in [3.05, 3.63) is 83.0 Å². The van der Waals surface area contributed by atoms with Gasteiger partial charge in [0.25, 0.3) is 0 Å². The first-order chi connectivity index (χ1) is 22.4. The summed E-state index contributed by atoms with van der Waals surface area (Å²) in [4.78, 5) is 12.1. The molecule has 0 bridgehead atoms. The van der Waals surface area contributed by atoms with Crippen LogP contribution in [0.15, 0.2) is 66.3 Å². The van der Waals surface area contributed by atoms with Crippen LogP contribution in [0.1, 0.15) is 116 Å². The van der Waals surface area contributed by atoms with Crippen molar-refractivity contribution in [3.8, 4) is 16.9 Å². The summed E-state index contributed by atoms with van der Waals surface area (Å²) < 4.78 is 11.8. The molecule has 0 fully saturated rings. The number of hydrogen-bond acceptors (Lipinski definition) is 5. The molecule has 0 aromatic heterocycles. The van der Waals surface area contributed by atoms with Gasteiger partial charge < -0.3 is 19.7 Å². The maximum atomic E-state index is 12.1. The Morgan fingerprint density at radius 1 is 0.851 bits per heavy atom. The predicted octanol–water partition coefficient (Wildman–Crippen LogP) is 9.83. The van der Waals surface area contributed by atoms with E-state index in [2.05, 4.69) is 83.7 Å². The number of aryl methyl sites for hydroxylation is 1. The third-order valence-electron chi connectivity index (χ3n) is 9.48. The molecule has 0 spiro atoms. The van der Waals surface area contributed by atoms with Crippen LogP contribution in [0.2, 0.25) is 0 Å². The lowest BCUT2D eigenvalue weighted by Crippen LogP contribution is -2.33. The van der Waals surface area contributed by atoms with E-state index in [1.807, 2.05) is 6.07 Å². The number of hydrogen-bond donors (Lipinski definition) is 2. The summed E-state index contributed by atoms with van der Waals surface area (Å²) in [5, 5.41) is 20.5. The van der Waals surface area contributed by atoms with Crippen molar-refractivity contribution >= 4 is 11.5 Å². The van der Waals surface area contributed by atoms with Crippen molar-refractivity contribution in [1.29, 1.82) is 0 Å². The fraction of sp³-hybridized carbons (Fsp3) is 0.548. The van der Waals surface area contributed by atoms with Crippen LogP contribution >= 0.6 is 0 Å². The zero-order valence-corrected chi connectivity index (χ0v) is 30.1. The van der Waals surface area contributed by atoms with Crippen LogP contribution in [-0.4, -0.2) is 42.6 Å². The SMILES string of the molecule is C=C(C)C(=O)OCCc1cc(-c2ccc(C3=CC=C(CCCCC)CC3)cc2CC)ccc1OCCC(CO)(CO)CCC(C)(C)C. The van der Waals surface area contributed by atoms with E-state index in [1.54, 1.807) is 12.5 Å². The summed E-state index contributed by atoms with van der Waals surface area (Å²) in [6.45, 7) is 16.7. The second kappa shape index (κ2) is 18.4. The zero-order valence-electron chi connectivity index (χ0n) is 30.1. The first-order valence-corrected chi connectivity index (χ1v) is 17.8. The molecule has 1 aliphatic carbocycles. The van der Waals surface area contributed by atoms with Gasteiger partial charge in [-0.3, -0.25) is 0 Å². The Balaban J connectivity index is 1.84. The van der Waals surface area contributed by atoms with E-state index in [0.29, 0.717) is 25.0 Å². The summed E-state index contributed by atoms with van der Waals surface area (Å²) in [5.41, 5.74) is 8.69. The van der Waals surface area contributed by atoms with Crippen molar-refractivity contribution in [3.63, 3.8) is 0 Å². The molecule has 0 heterocycles. The molecule has 2 aromatic rings. The van der Waals surface area contributed by atoms with Gasteiger partial charge in [0.1, 0.15) is 5.75 Å². The Hall–Kier alpha value is -3.15. The highest BCUT2D eigenvalue weighted by Gasteiger charge is 2.30. The molecule has 0 unspecified atom stereocenters. The molecular weight excluding hydrogens is 584 g/mol. The summed E-state index contributed by atoms with van der Waals surface area (Å²) in [5.74, 6) is 0.325. The lowest BCUT2D eigenvalue weighted by atomic mass is 9.76. The van der Waals surface area contributed by atoms with Crippen LogP contribution in [0, 0.1) is 10.8 Å². The first kappa shape index (κ1) is 38.3. The van der Waals surface area contributed by atoms with E-state index in [9.17, 15) is 15.0 Å². The number of unbranched alkanes of at least 4 members (excludes halogenated alkanes) is 2. The van der Waals surface area contributed by atoms with E-state index in [0.717, 1.165) is 49.0 Å². The molecule has 5 nitrogen and oxygen atoms in total. The summed E-state index contributed by atoms with van der Waals surface area (Å²) in [7, 11) is 0. The number of carbonyl (C=O) groups is 1. The average Bonchev–Trinajstić information content (AvgIpc) is 3.06. The van der Waals surface area contributed by atoms with Gasteiger partial charge in [-0.1, -0.05) is 96.0 Å². The van der Waals surface area contributed by atoms with E-state index in [4.69, 9.17) is 9.47 Å². The molecule has 0 saturated heterocycles. The van der Waals surface area contributed by atoms with Crippen molar-refractivity contribution in [2.24, 2.45) is 10.8 Å². The molecule has 0 atom stereocenters. The molecule has 5 heteroatoms. The Bertz CT molecular complexity index is 1390. The largest absolute Gasteiger partial charge is 0.493 e. The minimum atomic E-state index is -0.595. The van der Waals surface area contributed by atoms with Crippen LogP contribution in [0.4, 0.5) is 0 Å². The summed E-state index contributed by atoms with van der Waals surface area (Å²) in [6.07, 6.45) is 15.5. The normalized spacial score (nSPS) is 13.6. The average molecular weight is 645 g/mol. The predicted molar refractivity (Wildman–Crippen MR) is 196 cm³/mol. The van der Waals surface area contributed by atoms with Gasteiger partial charge in [0, 0.05) is 17.4 Å². The highest BCUT2D eigenvalue weighted by Crippen LogP contribution is 2.36. The smallest absolute Gasteiger partial charge is 0.333 e. The summed E-state index contributed by atoms with van der Waals surface area (Å²) >= 11 is 0. The topological polar surface area (TPSA) is 76.0 Å². The molecular formula is C42H60O5. The van der Waals surface area contributed by atoms with E-state index in [1.165, 1.54) is 47.9 Å². The Labute approximate surface area is 284 Å². The zero-order chi connectivity index (χ0) is 34.5. The number of allylic oxidation sites excluding steroid dienone is 4. The van der Waals surface area contributed by atoms with Gasteiger partial charge in [-0.05, 0) is 109 Å². The van der Waals surface area contributed by atoms with Crippen LogP contribution in [0.25, 0.3) is 16.7 Å². The quantitative estimate of drug-likeness (QED) is 0.0905. The van der Waals surface area contributed by atoms with Crippen molar-refractivity contribution in [2.75, 3.05) is 26.4 Å². The molecule has 2 N–H and O–H groups in total. The van der Waals surface area contributed by atoms with Crippen LogP contribution < -0.4 is 4.74 Å². The molecule has 0 aliphatic heterocycles. The highest BCUT2D eigenvalue weighted by atomic mass is 16.5. The third kappa shape index (κ3) is 11.8. The third-order valence-corrected chi connectivity index (χ3v) is 9.48. The maximum Gasteiger partial charge on any atom is 0.333 e. The number of aliphatic hydroxyl groups is 2.